The van der Waals surface area contributed by atoms with Gasteiger partial charge in [-0.15, -0.1) is 0 Å². The van der Waals surface area contributed by atoms with Crippen molar-refractivity contribution in [3.05, 3.63) is 52.3 Å². The number of hydrogen-bond donors (Lipinski definition) is 1. The molecule has 0 bridgehead atoms. The van der Waals surface area contributed by atoms with Crippen LogP contribution in [0.4, 0.5) is 0 Å². The Hall–Kier alpha value is -2.76. The molecule has 0 radical (unpaired) electrons. The first-order chi connectivity index (χ1) is 12.9. The molecule has 0 aliphatic heterocycles. The lowest BCUT2D eigenvalue weighted by Gasteiger charge is -2.18. The smallest absolute Gasteiger partial charge is 0.339 e. The first kappa shape index (κ1) is 20.6. The monoisotopic (exact) mass is 372 g/mol. The molecule has 2 aromatic rings. The Morgan fingerprint density at radius 1 is 1.22 bits per heavy atom. The number of ether oxygens (including phenoxy) is 2. The number of nitrogens with zero attached hydrogens (tertiary/aromatic N) is 1. The third kappa shape index (κ3) is 4.90. The van der Waals surface area contributed by atoms with E-state index in [-0.39, 0.29) is 5.91 Å². The summed E-state index contributed by atoms with van der Waals surface area (Å²) in [4.78, 5) is 29.7. The lowest BCUT2D eigenvalue weighted by atomic mass is 10.0. The molecule has 0 fully saturated rings. The number of aromatic nitrogens is 1. The molecule has 1 amide bonds. The zero-order valence-electron chi connectivity index (χ0n) is 16.7. The summed E-state index contributed by atoms with van der Waals surface area (Å²) in [5, 5.41) is 0. The SMILES string of the molecule is CCCc1c(C(=O)N(C)CCOc2cccc(C)c2)[nH]c(C)c1C(=O)OC. The second kappa shape index (κ2) is 9.26. The third-order valence-corrected chi connectivity index (χ3v) is 4.43. The van der Waals surface area contributed by atoms with Gasteiger partial charge in [-0.1, -0.05) is 25.5 Å². The molecule has 1 aromatic heterocycles. The molecule has 1 heterocycles. The number of carbonyl (C=O) groups is 2. The van der Waals surface area contributed by atoms with Gasteiger partial charge in [0, 0.05) is 12.7 Å². The van der Waals surface area contributed by atoms with Crippen LogP contribution >= 0.6 is 0 Å². The molecule has 146 valence electrons. The second-order valence-electron chi connectivity index (χ2n) is 6.61. The molecule has 0 spiro atoms. The topological polar surface area (TPSA) is 71.6 Å². The molecule has 1 N–H and O–H groups in total. The van der Waals surface area contributed by atoms with E-state index in [9.17, 15) is 9.59 Å². The zero-order valence-corrected chi connectivity index (χ0v) is 16.7. The van der Waals surface area contributed by atoms with Gasteiger partial charge < -0.3 is 19.4 Å². The van der Waals surface area contributed by atoms with Crippen LogP contribution in [0.2, 0.25) is 0 Å². The molecule has 0 aliphatic rings. The largest absolute Gasteiger partial charge is 0.492 e. The van der Waals surface area contributed by atoms with Crippen LogP contribution in [0.15, 0.2) is 24.3 Å². The Bertz CT molecular complexity index is 811. The van der Waals surface area contributed by atoms with Crippen LogP contribution in [0.3, 0.4) is 0 Å². The molecule has 6 nitrogen and oxygen atoms in total. The standard InChI is InChI=1S/C21H28N2O4/c1-6-8-17-18(21(25)26-5)15(3)22-19(17)20(24)23(4)11-12-27-16-10-7-9-14(2)13-16/h7,9-10,13,22H,6,8,11-12H2,1-5H3. The van der Waals surface area contributed by atoms with Crippen molar-refractivity contribution in [1.82, 2.24) is 9.88 Å². The highest BCUT2D eigenvalue weighted by Crippen LogP contribution is 2.23. The van der Waals surface area contributed by atoms with Gasteiger partial charge in [0.25, 0.3) is 5.91 Å². The number of H-pyrrole nitrogens is 1. The van der Waals surface area contributed by atoms with Crippen LogP contribution in [0, 0.1) is 13.8 Å². The first-order valence-electron chi connectivity index (χ1n) is 9.13. The summed E-state index contributed by atoms with van der Waals surface area (Å²) in [5.41, 5.74) is 3.41. The molecule has 27 heavy (non-hydrogen) atoms. The minimum absolute atomic E-state index is 0.162. The molecule has 0 saturated heterocycles. The molecule has 2 rings (SSSR count). The number of amides is 1. The van der Waals surface area contributed by atoms with Crippen molar-refractivity contribution in [2.75, 3.05) is 27.3 Å². The van der Waals surface area contributed by atoms with Gasteiger partial charge in [-0.2, -0.15) is 0 Å². The Morgan fingerprint density at radius 3 is 2.59 bits per heavy atom. The van der Waals surface area contributed by atoms with Crippen LogP contribution < -0.4 is 4.74 Å². The van der Waals surface area contributed by atoms with Gasteiger partial charge >= 0.3 is 5.97 Å². The highest BCUT2D eigenvalue weighted by molar-refractivity contribution is 6.00. The summed E-state index contributed by atoms with van der Waals surface area (Å²) in [6, 6.07) is 7.79. The number of aryl methyl sites for hydroxylation is 2. The highest BCUT2D eigenvalue weighted by Gasteiger charge is 2.26. The summed E-state index contributed by atoms with van der Waals surface area (Å²) < 4.78 is 10.6. The molecule has 0 unspecified atom stereocenters. The fourth-order valence-corrected chi connectivity index (χ4v) is 3.04. The molecule has 1 aromatic carbocycles. The number of rotatable bonds is 8. The molecule has 6 heteroatoms. The molecular formula is C21H28N2O4. The van der Waals surface area contributed by atoms with E-state index in [1.807, 2.05) is 38.1 Å². The predicted octanol–water partition coefficient (Wildman–Crippen LogP) is 3.52. The normalized spacial score (nSPS) is 10.6. The van der Waals surface area contributed by atoms with Crippen molar-refractivity contribution in [2.45, 2.75) is 33.6 Å². The van der Waals surface area contributed by atoms with E-state index >= 15 is 0 Å². The minimum Gasteiger partial charge on any atom is -0.492 e. The number of methoxy groups -OCH3 is 1. The molecule has 0 saturated carbocycles. The Labute approximate surface area is 160 Å². The van der Waals surface area contributed by atoms with Crippen LogP contribution in [-0.4, -0.2) is 49.1 Å². The van der Waals surface area contributed by atoms with Crippen LogP contribution in [0.25, 0.3) is 0 Å². The second-order valence-corrected chi connectivity index (χ2v) is 6.61. The Kier molecular flexibility index (Phi) is 7.05. The van der Waals surface area contributed by atoms with E-state index in [1.54, 1.807) is 18.9 Å². The van der Waals surface area contributed by atoms with E-state index in [0.717, 1.165) is 23.3 Å². The molecule has 0 atom stereocenters. The maximum absolute atomic E-state index is 12.9. The van der Waals surface area contributed by atoms with Gasteiger partial charge in [-0.05, 0) is 43.5 Å². The Balaban J connectivity index is 2.10. The maximum Gasteiger partial charge on any atom is 0.339 e. The first-order valence-corrected chi connectivity index (χ1v) is 9.13. The van der Waals surface area contributed by atoms with Crippen LogP contribution in [0.5, 0.6) is 5.75 Å². The Morgan fingerprint density at radius 2 is 1.96 bits per heavy atom. The number of hydrogen-bond acceptors (Lipinski definition) is 4. The van der Waals surface area contributed by atoms with Crippen molar-refractivity contribution in [2.24, 2.45) is 0 Å². The van der Waals surface area contributed by atoms with E-state index in [1.165, 1.54) is 7.11 Å². The lowest BCUT2D eigenvalue weighted by molar-refractivity contribution is 0.0599. The molecular weight excluding hydrogens is 344 g/mol. The summed E-state index contributed by atoms with van der Waals surface area (Å²) >= 11 is 0. The van der Waals surface area contributed by atoms with Gasteiger partial charge in [0.05, 0.1) is 19.2 Å². The maximum atomic E-state index is 12.9. The van der Waals surface area contributed by atoms with Crippen molar-refractivity contribution in [3.63, 3.8) is 0 Å². The van der Waals surface area contributed by atoms with E-state index < -0.39 is 5.97 Å². The quantitative estimate of drug-likeness (QED) is 0.720. The van der Waals surface area contributed by atoms with Crippen molar-refractivity contribution in [1.29, 1.82) is 0 Å². The zero-order chi connectivity index (χ0) is 20.0. The summed E-state index contributed by atoms with van der Waals surface area (Å²) in [5.74, 6) is 0.201. The summed E-state index contributed by atoms with van der Waals surface area (Å²) in [6.07, 6.45) is 1.45. The number of aromatic amines is 1. The van der Waals surface area contributed by atoms with E-state index in [0.29, 0.717) is 36.5 Å². The van der Waals surface area contributed by atoms with E-state index in [4.69, 9.17) is 9.47 Å². The summed E-state index contributed by atoms with van der Waals surface area (Å²) in [6.45, 7) is 6.62. The van der Waals surface area contributed by atoms with Crippen molar-refractivity contribution >= 4 is 11.9 Å². The van der Waals surface area contributed by atoms with Gasteiger partial charge in [0.2, 0.25) is 0 Å². The number of nitrogens with one attached hydrogen (secondary N) is 1. The van der Waals surface area contributed by atoms with Crippen LogP contribution in [-0.2, 0) is 11.2 Å². The van der Waals surface area contributed by atoms with Crippen molar-refractivity contribution < 1.29 is 19.1 Å². The van der Waals surface area contributed by atoms with Crippen molar-refractivity contribution in [3.8, 4) is 5.75 Å². The van der Waals surface area contributed by atoms with Gasteiger partial charge in [-0.25, -0.2) is 4.79 Å². The summed E-state index contributed by atoms with van der Waals surface area (Å²) in [7, 11) is 3.08. The number of likely N-dealkylation sites (N-methyl/N-ethyl adjacent to an activating group) is 1. The third-order valence-electron chi connectivity index (χ3n) is 4.43. The minimum atomic E-state index is -0.420. The lowest BCUT2D eigenvalue weighted by Crippen LogP contribution is -2.31. The fourth-order valence-electron chi connectivity index (χ4n) is 3.04. The fraction of sp³-hybridized carbons (Fsp3) is 0.429. The average Bonchev–Trinajstić information content (AvgIpc) is 2.97. The van der Waals surface area contributed by atoms with Gasteiger partial charge in [0.1, 0.15) is 18.1 Å². The highest BCUT2D eigenvalue weighted by atomic mass is 16.5. The number of esters is 1. The number of benzene rings is 1. The van der Waals surface area contributed by atoms with Gasteiger partial charge in [0.15, 0.2) is 0 Å². The van der Waals surface area contributed by atoms with E-state index in [2.05, 4.69) is 4.98 Å². The van der Waals surface area contributed by atoms with Gasteiger partial charge in [-0.3, -0.25) is 4.79 Å². The molecule has 0 aliphatic carbocycles. The van der Waals surface area contributed by atoms with Crippen LogP contribution in [0.1, 0.15) is 51.0 Å². The number of carbonyl (C=O) groups excluding carboxylic acids is 2. The predicted molar refractivity (Wildman–Crippen MR) is 104 cm³/mol. The average molecular weight is 372 g/mol.